The average Bonchev–Trinajstić information content (AvgIpc) is 3.34. The Hall–Kier alpha value is -3.76. The highest BCUT2D eigenvalue weighted by Gasteiger charge is 2.42. The summed E-state index contributed by atoms with van der Waals surface area (Å²) < 4.78 is 41.9. The molecule has 0 amide bonds. The third-order valence-corrected chi connectivity index (χ3v) is 7.32. The van der Waals surface area contributed by atoms with E-state index in [1.807, 2.05) is 59.7 Å². The van der Waals surface area contributed by atoms with Crippen molar-refractivity contribution in [3.05, 3.63) is 107 Å². The fourth-order valence-electron chi connectivity index (χ4n) is 4.95. The SMILES string of the molecule is Cc1cc(C2C(c3ccccn3)NC(=S)N2c2ccc(NS(C)(=O)=O)cc2)c(C)n1-c1cccc(F)c1. The molecule has 7 nitrogen and oxygen atoms in total. The van der Waals surface area contributed by atoms with E-state index in [4.69, 9.17) is 12.2 Å². The van der Waals surface area contributed by atoms with Crippen molar-refractivity contribution in [1.29, 1.82) is 0 Å². The van der Waals surface area contributed by atoms with Crippen LogP contribution in [0.3, 0.4) is 0 Å². The van der Waals surface area contributed by atoms with Crippen LogP contribution in [0.15, 0.2) is 79.0 Å². The number of halogens is 1. The number of thiocarbonyl (C=S) groups is 1. The van der Waals surface area contributed by atoms with Gasteiger partial charge in [-0.2, -0.15) is 0 Å². The maximum Gasteiger partial charge on any atom is 0.229 e. The Morgan fingerprint density at radius 1 is 1.00 bits per heavy atom. The number of anilines is 2. The fourth-order valence-corrected chi connectivity index (χ4v) is 5.86. The summed E-state index contributed by atoms with van der Waals surface area (Å²) in [5.74, 6) is -0.300. The Labute approximate surface area is 221 Å². The summed E-state index contributed by atoms with van der Waals surface area (Å²) in [6.45, 7) is 4.01. The summed E-state index contributed by atoms with van der Waals surface area (Å²) in [4.78, 5) is 6.62. The van der Waals surface area contributed by atoms with Gasteiger partial charge in [-0.3, -0.25) is 9.71 Å². The van der Waals surface area contributed by atoms with E-state index in [2.05, 4.69) is 21.1 Å². The molecule has 2 atom stereocenters. The van der Waals surface area contributed by atoms with Gasteiger partial charge in [0, 0.05) is 34.6 Å². The molecule has 190 valence electrons. The van der Waals surface area contributed by atoms with Gasteiger partial charge in [-0.1, -0.05) is 12.1 Å². The first-order valence-electron chi connectivity index (χ1n) is 11.7. The molecule has 0 bridgehead atoms. The molecule has 37 heavy (non-hydrogen) atoms. The molecule has 0 aliphatic carbocycles. The van der Waals surface area contributed by atoms with Crippen LogP contribution in [-0.4, -0.2) is 29.3 Å². The Morgan fingerprint density at radius 3 is 2.41 bits per heavy atom. The fraction of sp³-hybridized carbons (Fsp3) is 0.185. The Bertz CT molecular complexity index is 1570. The highest BCUT2D eigenvalue weighted by atomic mass is 32.2. The van der Waals surface area contributed by atoms with Gasteiger partial charge in [0.1, 0.15) is 5.82 Å². The monoisotopic (exact) mass is 535 g/mol. The van der Waals surface area contributed by atoms with Gasteiger partial charge in [-0.15, -0.1) is 0 Å². The van der Waals surface area contributed by atoms with Gasteiger partial charge in [0.15, 0.2) is 5.11 Å². The van der Waals surface area contributed by atoms with Gasteiger partial charge in [0.25, 0.3) is 0 Å². The molecule has 2 unspecified atom stereocenters. The molecular weight excluding hydrogens is 509 g/mol. The number of aromatic nitrogens is 2. The Morgan fingerprint density at radius 2 is 1.76 bits per heavy atom. The lowest BCUT2D eigenvalue weighted by atomic mass is 9.96. The van der Waals surface area contributed by atoms with E-state index in [-0.39, 0.29) is 17.9 Å². The molecule has 3 heterocycles. The molecule has 0 saturated carbocycles. The zero-order chi connectivity index (χ0) is 26.3. The summed E-state index contributed by atoms with van der Waals surface area (Å²) in [5, 5.41) is 3.97. The minimum absolute atomic E-state index is 0.246. The minimum atomic E-state index is -3.39. The lowest BCUT2D eigenvalue weighted by Gasteiger charge is -2.28. The zero-order valence-electron chi connectivity index (χ0n) is 20.5. The number of nitrogens with one attached hydrogen (secondary N) is 2. The van der Waals surface area contributed by atoms with E-state index in [1.165, 1.54) is 12.1 Å². The molecule has 2 N–H and O–H groups in total. The lowest BCUT2D eigenvalue weighted by molar-refractivity contribution is 0.565. The number of pyridine rings is 1. The van der Waals surface area contributed by atoms with Crippen molar-refractivity contribution >= 4 is 38.7 Å². The van der Waals surface area contributed by atoms with Crippen LogP contribution in [0.2, 0.25) is 0 Å². The predicted octanol–water partition coefficient (Wildman–Crippen LogP) is 5.18. The molecule has 10 heteroatoms. The van der Waals surface area contributed by atoms with Crippen LogP contribution in [0, 0.1) is 19.7 Å². The van der Waals surface area contributed by atoms with Crippen molar-refractivity contribution < 1.29 is 12.8 Å². The molecule has 2 aromatic heterocycles. The third-order valence-electron chi connectivity index (χ3n) is 6.40. The number of nitrogens with zero attached hydrogens (tertiary/aromatic N) is 3. The molecule has 4 aromatic rings. The van der Waals surface area contributed by atoms with Gasteiger partial charge in [0.05, 0.1) is 24.0 Å². The normalized spacial score (nSPS) is 17.6. The van der Waals surface area contributed by atoms with Crippen LogP contribution < -0.4 is 14.9 Å². The molecule has 1 aliphatic rings. The molecule has 5 rings (SSSR count). The van der Waals surface area contributed by atoms with E-state index in [9.17, 15) is 12.8 Å². The first-order valence-corrected chi connectivity index (χ1v) is 14.0. The number of hydrogen-bond donors (Lipinski definition) is 2. The number of rotatable bonds is 6. The summed E-state index contributed by atoms with van der Waals surface area (Å²) in [6.07, 6.45) is 2.86. The predicted molar refractivity (Wildman–Crippen MR) is 148 cm³/mol. The smallest absolute Gasteiger partial charge is 0.229 e. The maximum atomic E-state index is 14.1. The van der Waals surface area contributed by atoms with Crippen molar-refractivity contribution in [3.63, 3.8) is 0 Å². The first kappa shape index (κ1) is 24.9. The molecule has 1 fully saturated rings. The van der Waals surface area contributed by atoms with Crippen LogP contribution >= 0.6 is 12.2 Å². The largest absolute Gasteiger partial charge is 0.351 e. The maximum absolute atomic E-state index is 14.1. The molecular formula is C27H26FN5O2S2. The van der Waals surface area contributed by atoms with Gasteiger partial charge in [0.2, 0.25) is 10.0 Å². The van der Waals surface area contributed by atoms with Crippen molar-refractivity contribution in [2.75, 3.05) is 15.9 Å². The molecule has 1 saturated heterocycles. The quantitative estimate of drug-likeness (QED) is 0.332. The summed E-state index contributed by atoms with van der Waals surface area (Å²) in [5.41, 5.74) is 5.78. The minimum Gasteiger partial charge on any atom is -0.351 e. The van der Waals surface area contributed by atoms with Crippen molar-refractivity contribution in [3.8, 4) is 5.69 Å². The van der Waals surface area contributed by atoms with E-state index in [0.29, 0.717) is 10.8 Å². The highest BCUT2D eigenvalue weighted by molar-refractivity contribution is 7.92. The van der Waals surface area contributed by atoms with Gasteiger partial charge in [-0.25, -0.2) is 12.8 Å². The second-order valence-corrected chi connectivity index (χ2v) is 11.2. The number of benzene rings is 2. The van der Waals surface area contributed by atoms with Crippen LogP contribution in [0.5, 0.6) is 0 Å². The van der Waals surface area contributed by atoms with Crippen molar-refractivity contribution in [2.45, 2.75) is 25.9 Å². The first-order chi connectivity index (χ1) is 17.6. The second kappa shape index (κ2) is 9.60. The summed E-state index contributed by atoms with van der Waals surface area (Å²) in [6, 6.07) is 21.0. The third kappa shape index (κ3) is 4.94. The lowest BCUT2D eigenvalue weighted by Crippen LogP contribution is -2.29. The van der Waals surface area contributed by atoms with E-state index >= 15 is 0 Å². The zero-order valence-corrected chi connectivity index (χ0v) is 22.1. The van der Waals surface area contributed by atoms with E-state index in [1.54, 1.807) is 24.4 Å². The van der Waals surface area contributed by atoms with Crippen molar-refractivity contribution in [1.82, 2.24) is 14.9 Å². The van der Waals surface area contributed by atoms with Gasteiger partial charge in [-0.05, 0) is 92.3 Å². The van der Waals surface area contributed by atoms with E-state index in [0.717, 1.165) is 40.3 Å². The molecule has 0 spiro atoms. The molecule has 0 radical (unpaired) electrons. The van der Waals surface area contributed by atoms with Crippen LogP contribution in [-0.2, 0) is 10.0 Å². The Balaban J connectivity index is 1.63. The number of hydrogen-bond acceptors (Lipinski definition) is 4. The molecule has 1 aliphatic heterocycles. The van der Waals surface area contributed by atoms with Gasteiger partial charge >= 0.3 is 0 Å². The second-order valence-electron chi connectivity index (χ2n) is 9.06. The van der Waals surface area contributed by atoms with Gasteiger partial charge < -0.3 is 14.8 Å². The van der Waals surface area contributed by atoms with Crippen LogP contribution in [0.25, 0.3) is 5.69 Å². The average molecular weight is 536 g/mol. The molecule has 2 aromatic carbocycles. The number of sulfonamides is 1. The highest BCUT2D eigenvalue weighted by Crippen LogP contribution is 2.44. The summed E-state index contributed by atoms with van der Waals surface area (Å²) >= 11 is 5.81. The summed E-state index contributed by atoms with van der Waals surface area (Å²) in [7, 11) is -3.39. The Kier molecular flexibility index (Phi) is 6.47. The number of aryl methyl sites for hydroxylation is 1. The topological polar surface area (TPSA) is 79.3 Å². The van der Waals surface area contributed by atoms with E-state index < -0.39 is 10.0 Å². The van der Waals surface area contributed by atoms with Crippen LogP contribution in [0.1, 0.15) is 34.7 Å². The standard InChI is InChI=1S/C27H26FN5O2S2/c1-17-15-23(18(2)32(17)22-8-6-7-19(28)16-22)26-25(24-9-4-5-14-29-24)30-27(36)33(26)21-12-10-20(11-13-21)31-37(3,34)35/h4-16,25-26,31H,1-3H3,(H,30,36). The van der Waals surface area contributed by atoms with Crippen molar-refractivity contribution in [2.24, 2.45) is 0 Å². The van der Waals surface area contributed by atoms with Crippen LogP contribution in [0.4, 0.5) is 15.8 Å².